The summed E-state index contributed by atoms with van der Waals surface area (Å²) in [7, 11) is -6.43. The lowest BCUT2D eigenvalue weighted by molar-refractivity contribution is -0.114. The Balaban J connectivity index is 1.85. The quantitative estimate of drug-likeness (QED) is 0.563. The summed E-state index contributed by atoms with van der Waals surface area (Å²) >= 11 is 0. The summed E-state index contributed by atoms with van der Waals surface area (Å²) in [6.07, 6.45) is 0. The molecule has 10 heteroatoms. The first kappa shape index (κ1) is 22.3. The number of anilines is 3. The maximum atomic E-state index is 13.0. The number of benzene rings is 3. The number of para-hydroxylation sites is 1. The number of carbonyl (C=O) groups is 1. The molecule has 0 radical (unpaired) electrons. The molecule has 0 aromatic heterocycles. The van der Waals surface area contributed by atoms with E-state index in [9.17, 15) is 21.6 Å². The van der Waals surface area contributed by atoms with Crippen molar-refractivity contribution in [3.05, 3.63) is 78.9 Å². The van der Waals surface area contributed by atoms with Crippen molar-refractivity contribution >= 4 is 43.0 Å². The third-order valence-corrected chi connectivity index (χ3v) is 7.53. The molecule has 0 heterocycles. The van der Waals surface area contributed by atoms with Gasteiger partial charge in [0.25, 0.3) is 20.0 Å². The number of nitrogens with zero attached hydrogens (tertiary/aromatic N) is 1. The van der Waals surface area contributed by atoms with Crippen molar-refractivity contribution in [2.75, 3.05) is 21.4 Å². The second kappa shape index (κ2) is 8.78. The first-order chi connectivity index (χ1) is 14.6. The van der Waals surface area contributed by atoms with Crippen LogP contribution in [-0.4, -0.2) is 29.8 Å². The smallest absolute Gasteiger partial charge is 0.264 e. The van der Waals surface area contributed by atoms with Gasteiger partial charge in [0.1, 0.15) is 0 Å². The van der Waals surface area contributed by atoms with Crippen LogP contribution in [0.15, 0.2) is 88.7 Å². The highest BCUT2D eigenvalue weighted by molar-refractivity contribution is 7.93. The molecule has 0 bridgehead atoms. The Hall–Kier alpha value is -3.37. The van der Waals surface area contributed by atoms with E-state index in [1.54, 1.807) is 30.3 Å². The topological polar surface area (TPSA) is 113 Å². The third-order valence-electron chi connectivity index (χ3n) is 4.35. The van der Waals surface area contributed by atoms with Gasteiger partial charge in [-0.25, -0.2) is 16.8 Å². The van der Waals surface area contributed by atoms with Crippen molar-refractivity contribution in [2.45, 2.75) is 16.7 Å². The highest BCUT2D eigenvalue weighted by Crippen LogP contribution is 2.25. The standard InChI is InChI=1S/C21H21N3O5S2/c1-16(25)22-17-11-13-20(14-12-17)30(26,27)23-18-7-6-10-21(15-18)31(28,29)24(2)19-8-4-3-5-9-19/h3-15,23H,1-2H3,(H,22,25). The molecule has 0 atom stereocenters. The summed E-state index contributed by atoms with van der Waals surface area (Å²) in [6, 6.07) is 19.8. The third kappa shape index (κ3) is 5.22. The molecule has 0 aliphatic carbocycles. The number of amides is 1. The van der Waals surface area contributed by atoms with E-state index >= 15 is 0 Å². The summed E-state index contributed by atoms with van der Waals surface area (Å²) in [6.45, 7) is 1.35. The lowest BCUT2D eigenvalue weighted by atomic mass is 10.3. The number of nitrogens with one attached hydrogen (secondary N) is 2. The predicted molar refractivity (Wildman–Crippen MR) is 120 cm³/mol. The molecule has 0 saturated carbocycles. The van der Waals surface area contributed by atoms with Crippen LogP contribution in [0.3, 0.4) is 0 Å². The van der Waals surface area contributed by atoms with Gasteiger partial charge in [0.05, 0.1) is 21.2 Å². The number of hydrogen-bond donors (Lipinski definition) is 2. The average Bonchev–Trinajstić information content (AvgIpc) is 2.73. The second-order valence-corrected chi connectivity index (χ2v) is 10.3. The monoisotopic (exact) mass is 459 g/mol. The Morgan fingerprint density at radius 2 is 1.42 bits per heavy atom. The molecule has 0 aliphatic heterocycles. The lowest BCUT2D eigenvalue weighted by Crippen LogP contribution is -2.26. The van der Waals surface area contributed by atoms with Crippen LogP contribution in [0.2, 0.25) is 0 Å². The van der Waals surface area contributed by atoms with Gasteiger partial charge in [-0.2, -0.15) is 0 Å². The van der Waals surface area contributed by atoms with E-state index in [1.807, 2.05) is 0 Å². The van der Waals surface area contributed by atoms with Gasteiger partial charge in [-0.05, 0) is 54.6 Å². The minimum atomic E-state index is -3.96. The number of carbonyl (C=O) groups excluding carboxylic acids is 1. The highest BCUT2D eigenvalue weighted by atomic mass is 32.2. The molecule has 0 fully saturated rings. The van der Waals surface area contributed by atoms with Gasteiger partial charge in [0.2, 0.25) is 5.91 Å². The summed E-state index contributed by atoms with van der Waals surface area (Å²) in [5, 5.41) is 2.56. The minimum Gasteiger partial charge on any atom is -0.326 e. The Bertz CT molecular complexity index is 1290. The molecule has 0 saturated heterocycles. The molecule has 0 aliphatic rings. The molecule has 31 heavy (non-hydrogen) atoms. The fraction of sp³-hybridized carbons (Fsp3) is 0.0952. The van der Waals surface area contributed by atoms with E-state index < -0.39 is 20.0 Å². The number of rotatable bonds is 7. The molecule has 2 N–H and O–H groups in total. The molecule has 0 spiro atoms. The molecule has 3 aromatic rings. The Morgan fingerprint density at radius 3 is 2.03 bits per heavy atom. The molecular formula is C21H21N3O5S2. The largest absolute Gasteiger partial charge is 0.326 e. The van der Waals surface area contributed by atoms with E-state index in [2.05, 4.69) is 10.0 Å². The van der Waals surface area contributed by atoms with Crippen LogP contribution in [0.25, 0.3) is 0 Å². The molecule has 1 amide bonds. The lowest BCUT2D eigenvalue weighted by Gasteiger charge is -2.20. The molecule has 3 aromatic carbocycles. The summed E-state index contributed by atoms with van der Waals surface area (Å²) < 4.78 is 54.8. The van der Waals surface area contributed by atoms with E-state index in [-0.39, 0.29) is 21.4 Å². The van der Waals surface area contributed by atoms with E-state index in [0.29, 0.717) is 11.4 Å². The van der Waals surface area contributed by atoms with Crippen LogP contribution in [0.5, 0.6) is 0 Å². The zero-order valence-electron chi connectivity index (χ0n) is 16.8. The first-order valence-corrected chi connectivity index (χ1v) is 12.1. The second-order valence-electron chi connectivity index (χ2n) is 6.65. The van der Waals surface area contributed by atoms with Crippen molar-refractivity contribution in [1.82, 2.24) is 0 Å². The van der Waals surface area contributed by atoms with Crippen molar-refractivity contribution in [2.24, 2.45) is 0 Å². The van der Waals surface area contributed by atoms with Crippen LogP contribution >= 0.6 is 0 Å². The maximum absolute atomic E-state index is 13.0. The van der Waals surface area contributed by atoms with Crippen LogP contribution < -0.4 is 14.3 Å². The maximum Gasteiger partial charge on any atom is 0.264 e. The average molecular weight is 460 g/mol. The minimum absolute atomic E-state index is 0.0312. The van der Waals surface area contributed by atoms with Crippen LogP contribution in [0.1, 0.15) is 6.92 Å². The van der Waals surface area contributed by atoms with Gasteiger partial charge >= 0.3 is 0 Å². The van der Waals surface area contributed by atoms with Crippen LogP contribution in [0.4, 0.5) is 17.1 Å². The number of sulfonamides is 2. The summed E-state index contributed by atoms with van der Waals surface area (Å²) in [5.41, 5.74) is 1.05. The van der Waals surface area contributed by atoms with Crippen molar-refractivity contribution in [1.29, 1.82) is 0 Å². The van der Waals surface area contributed by atoms with Gasteiger partial charge in [0.15, 0.2) is 0 Å². The predicted octanol–water partition coefficient (Wildman–Crippen LogP) is 3.27. The van der Waals surface area contributed by atoms with Gasteiger partial charge in [-0.1, -0.05) is 24.3 Å². The van der Waals surface area contributed by atoms with E-state index in [0.717, 1.165) is 4.31 Å². The fourth-order valence-corrected chi connectivity index (χ4v) is 5.08. The van der Waals surface area contributed by atoms with Gasteiger partial charge in [0, 0.05) is 19.7 Å². The molecule has 8 nitrogen and oxygen atoms in total. The Labute approximate surface area is 181 Å². The normalized spacial score (nSPS) is 11.5. The van der Waals surface area contributed by atoms with Crippen molar-refractivity contribution in [3.63, 3.8) is 0 Å². The zero-order chi connectivity index (χ0) is 22.6. The van der Waals surface area contributed by atoms with Gasteiger partial charge < -0.3 is 5.32 Å². The SMILES string of the molecule is CC(=O)Nc1ccc(S(=O)(=O)Nc2cccc(S(=O)(=O)N(C)c3ccccc3)c2)cc1. The van der Waals surface area contributed by atoms with E-state index in [4.69, 9.17) is 0 Å². The Morgan fingerprint density at radius 1 is 0.774 bits per heavy atom. The zero-order valence-corrected chi connectivity index (χ0v) is 18.4. The van der Waals surface area contributed by atoms with Crippen molar-refractivity contribution < 1.29 is 21.6 Å². The van der Waals surface area contributed by atoms with Crippen LogP contribution in [-0.2, 0) is 24.8 Å². The Kier molecular flexibility index (Phi) is 6.32. The van der Waals surface area contributed by atoms with Crippen LogP contribution in [0, 0.1) is 0 Å². The van der Waals surface area contributed by atoms with E-state index in [1.165, 1.54) is 62.5 Å². The van der Waals surface area contributed by atoms with Crippen molar-refractivity contribution in [3.8, 4) is 0 Å². The molecule has 3 rings (SSSR count). The fourth-order valence-electron chi connectivity index (χ4n) is 2.79. The van der Waals surface area contributed by atoms with Gasteiger partial charge in [-0.3, -0.25) is 13.8 Å². The number of hydrogen-bond acceptors (Lipinski definition) is 5. The van der Waals surface area contributed by atoms with Gasteiger partial charge in [-0.15, -0.1) is 0 Å². The first-order valence-electron chi connectivity index (χ1n) is 9.14. The summed E-state index contributed by atoms with van der Waals surface area (Å²) in [5.74, 6) is -0.271. The molecule has 162 valence electrons. The molecule has 0 unspecified atom stereocenters. The highest BCUT2D eigenvalue weighted by Gasteiger charge is 2.22. The molecular weight excluding hydrogens is 438 g/mol. The summed E-state index contributed by atoms with van der Waals surface area (Å²) in [4.78, 5) is 11.0.